The van der Waals surface area contributed by atoms with Crippen LogP contribution in [0.25, 0.3) is 0 Å². The monoisotopic (exact) mass is 311 g/mol. The topological polar surface area (TPSA) is 38.3 Å². The summed E-state index contributed by atoms with van der Waals surface area (Å²) >= 11 is 0. The van der Waals surface area contributed by atoms with Gasteiger partial charge in [0, 0.05) is 33.4 Å². The Hall–Kier alpha value is -0.870. The molecule has 0 heterocycles. The lowest BCUT2D eigenvalue weighted by molar-refractivity contribution is 0.402. The molecular formula is C17H29NO2S. The van der Waals surface area contributed by atoms with Gasteiger partial charge < -0.3 is 10.1 Å². The lowest BCUT2D eigenvalue weighted by Gasteiger charge is -2.23. The molecule has 0 saturated carbocycles. The minimum atomic E-state index is -0.857. The molecule has 4 heteroatoms. The molecule has 0 bridgehead atoms. The molecule has 0 aromatic heterocycles. The molecule has 0 saturated heterocycles. The van der Waals surface area contributed by atoms with Crippen molar-refractivity contribution in [2.24, 2.45) is 5.92 Å². The minimum Gasteiger partial charge on any atom is -0.496 e. The summed E-state index contributed by atoms with van der Waals surface area (Å²) in [7, 11) is 0.827. The molecule has 21 heavy (non-hydrogen) atoms. The van der Waals surface area contributed by atoms with E-state index in [1.54, 1.807) is 7.11 Å². The first kappa shape index (κ1) is 18.2. The van der Waals surface area contributed by atoms with Crippen LogP contribution in [-0.4, -0.2) is 28.9 Å². The maximum absolute atomic E-state index is 12.6. The zero-order chi connectivity index (χ0) is 15.8. The van der Waals surface area contributed by atoms with E-state index in [-0.39, 0.29) is 11.3 Å². The second-order valence-electron chi connectivity index (χ2n) is 5.75. The Morgan fingerprint density at radius 3 is 2.48 bits per heavy atom. The first-order chi connectivity index (χ1) is 10.0. The van der Waals surface area contributed by atoms with Crippen molar-refractivity contribution >= 4 is 10.8 Å². The third kappa shape index (κ3) is 5.44. The number of methoxy groups -OCH3 is 1. The van der Waals surface area contributed by atoms with Crippen molar-refractivity contribution in [3.05, 3.63) is 29.8 Å². The van der Waals surface area contributed by atoms with Crippen LogP contribution in [0.2, 0.25) is 0 Å². The van der Waals surface area contributed by atoms with Crippen LogP contribution in [0.3, 0.4) is 0 Å². The summed E-state index contributed by atoms with van der Waals surface area (Å²) in [6.45, 7) is 9.37. The molecule has 0 radical (unpaired) electrons. The van der Waals surface area contributed by atoms with Crippen molar-refractivity contribution in [1.29, 1.82) is 0 Å². The highest BCUT2D eigenvalue weighted by Gasteiger charge is 2.22. The van der Waals surface area contributed by atoms with E-state index in [4.69, 9.17) is 4.74 Å². The lowest BCUT2D eigenvalue weighted by Crippen LogP contribution is -2.31. The minimum absolute atomic E-state index is 0.0723. The van der Waals surface area contributed by atoms with E-state index in [1.807, 2.05) is 18.2 Å². The molecule has 1 aromatic carbocycles. The number of nitrogens with one attached hydrogen (secondary N) is 1. The number of hydrogen-bond acceptors (Lipinski definition) is 3. The molecule has 3 unspecified atom stereocenters. The van der Waals surface area contributed by atoms with E-state index in [9.17, 15) is 4.21 Å². The summed E-state index contributed by atoms with van der Waals surface area (Å²) < 4.78 is 18.0. The van der Waals surface area contributed by atoms with Crippen LogP contribution in [-0.2, 0) is 10.8 Å². The van der Waals surface area contributed by atoms with Gasteiger partial charge in [-0.15, -0.1) is 0 Å². The van der Waals surface area contributed by atoms with E-state index >= 15 is 0 Å². The van der Waals surface area contributed by atoms with Gasteiger partial charge in [-0.3, -0.25) is 4.21 Å². The number of ether oxygens (including phenoxy) is 1. The van der Waals surface area contributed by atoms with Crippen LogP contribution in [0.1, 0.15) is 45.7 Å². The summed E-state index contributed by atoms with van der Waals surface area (Å²) in [5.74, 6) is 1.91. The molecule has 0 aliphatic carbocycles. The molecule has 1 N–H and O–H groups in total. The van der Waals surface area contributed by atoms with Gasteiger partial charge in [-0.2, -0.15) is 0 Å². The number of hydrogen-bond donors (Lipinski definition) is 1. The Morgan fingerprint density at radius 1 is 1.24 bits per heavy atom. The molecule has 0 aliphatic rings. The average molecular weight is 311 g/mol. The fraction of sp³-hybridized carbons (Fsp3) is 0.647. The van der Waals surface area contributed by atoms with Gasteiger partial charge in [0.25, 0.3) is 0 Å². The second-order valence-corrected chi connectivity index (χ2v) is 7.58. The van der Waals surface area contributed by atoms with E-state index in [0.29, 0.717) is 11.7 Å². The van der Waals surface area contributed by atoms with Crippen molar-refractivity contribution < 1.29 is 8.95 Å². The molecule has 3 atom stereocenters. The van der Waals surface area contributed by atoms with E-state index < -0.39 is 10.8 Å². The van der Waals surface area contributed by atoms with Crippen molar-refractivity contribution in [3.8, 4) is 5.75 Å². The third-order valence-electron chi connectivity index (χ3n) is 3.84. The Balaban J connectivity index is 2.92. The van der Waals surface area contributed by atoms with Crippen molar-refractivity contribution in [3.63, 3.8) is 0 Å². The highest BCUT2D eigenvalue weighted by molar-refractivity contribution is 7.85. The first-order valence-corrected chi connectivity index (χ1v) is 9.12. The molecule has 0 spiro atoms. The van der Waals surface area contributed by atoms with E-state index in [0.717, 1.165) is 24.3 Å². The van der Waals surface area contributed by atoms with Crippen LogP contribution in [0.15, 0.2) is 24.3 Å². The number of benzene rings is 1. The van der Waals surface area contributed by atoms with Crippen LogP contribution in [0.4, 0.5) is 0 Å². The quantitative estimate of drug-likeness (QED) is 0.758. The fourth-order valence-corrected chi connectivity index (χ4v) is 3.69. The molecule has 0 amide bonds. The Kier molecular flexibility index (Phi) is 7.97. The van der Waals surface area contributed by atoms with Crippen molar-refractivity contribution in [1.82, 2.24) is 5.32 Å². The van der Waals surface area contributed by atoms with Crippen LogP contribution >= 0.6 is 0 Å². The Bertz CT molecular complexity index is 448. The molecule has 1 aromatic rings. The zero-order valence-electron chi connectivity index (χ0n) is 13.9. The van der Waals surface area contributed by atoms with E-state index in [2.05, 4.69) is 39.1 Å². The van der Waals surface area contributed by atoms with Gasteiger partial charge in [0.2, 0.25) is 0 Å². The maximum Gasteiger partial charge on any atom is 0.123 e. The van der Waals surface area contributed by atoms with Crippen molar-refractivity contribution in [2.45, 2.75) is 45.4 Å². The third-order valence-corrected chi connectivity index (χ3v) is 5.88. The normalized spacial score (nSPS) is 15.7. The predicted molar refractivity (Wildman–Crippen MR) is 91.3 cm³/mol. The zero-order valence-corrected chi connectivity index (χ0v) is 14.7. The van der Waals surface area contributed by atoms with Gasteiger partial charge in [0.1, 0.15) is 5.75 Å². The average Bonchev–Trinajstić information content (AvgIpc) is 2.50. The molecular weight excluding hydrogens is 282 g/mol. The predicted octanol–water partition coefficient (Wildman–Crippen LogP) is 3.53. The van der Waals surface area contributed by atoms with Gasteiger partial charge in [-0.05, 0) is 24.9 Å². The Morgan fingerprint density at radius 2 is 1.90 bits per heavy atom. The van der Waals surface area contributed by atoms with Crippen LogP contribution in [0.5, 0.6) is 5.75 Å². The molecule has 1 rings (SSSR count). The number of rotatable bonds is 9. The smallest absolute Gasteiger partial charge is 0.123 e. The molecule has 0 fully saturated rings. The molecule has 120 valence electrons. The van der Waals surface area contributed by atoms with Gasteiger partial charge >= 0.3 is 0 Å². The summed E-state index contributed by atoms with van der Waals surface area (Å²) in [6.07, 6.45) is 1.05. The molecule has 3 nitrogen and oxygen atoms in total. The van der Waals surface area contributed by atoms with E-state index in [1.165, 1.54) is 0 Å². The van der Waals surface area contributed by atoms with Gasteiger partial charge in [-0.1, -0.05) is 45.9 Å². The summed E-state index contributed by atoms with van der Waals surface area (Å²) in [5, 5.41) is 3.71. The van der Waals surface area contributed by atoms with Gasteiger partial charge in [0.15, 0.2) is 0 Å². The summed E-state index contributed by atoms with van der Waals surface area (Å²) in [6, 6.07) is 8.07. The molecule has 0 aliphatic heterocycles. The van der Waals surface area contributed by atoms with Crippen LogP contribution in [0, 0.1) is 5.92 Å². The summed E-state index contributed by atoms with van der Waals surface area (Å²) in [4.78, 5) is 0. The maximum atomic E-state index is 12.6. The van der Waals surface area contributed by atoms with Gasteiger partial charge in [-0.25, -0.2) is 0 Å². The second kappa shape index (κ2) is 9.21. The largest absolute Gasteiger partial charge is 0.496 e. The standard InChI is InChI=1S/C17H29NO2S/c1-6-11-18-16(12-21(19)14(4)13(2)3)15-9-7-8-10-17(15)20-5/h7-10,13-14,16,18H,6,11-12H2,1-5H3. The van der Waals surface area contributed by atoms with Gasteiger partial charge in [0.05, 0.1) is 7.11 Å². The SMILES string of the molecule is CCCNC(CS(=O)C(C)C(C)C)c1ccccc1OC. The first-order valence-electron chi connectivity index (χ1n) is 7.74. The van der Waals surface area contributed by atoms with Crippen LogP contribution < -0.4 is 10.1 Å². The number of para-hydroxylation sites is 1. The highest BCUT2D eigenvalue weighted by atomic mass is 32.2. The Labute approximate surface area is 131 Å². The van der Waals surface area contributed by atoms with Crippen molar-refractivity contribution in [2.75, 3.05) is 19.4 Å². The lowest BCUT2D eigenvalue weighted by atomic mass is 10.1. The fourth-order valence-electron chi connectivity index (χ4n) is 2.15. The highest BCUT2D eigenvalue weighted by Crippen LogP contribution is 2.26. The summed E-state index contributed by atoms with van der Waals surface area (Å²) in [5.41, 5.74) is 1.10.